The molecule has 0 radical (unpaired) electrons. The number of hydrogen-bond donors (Lipinski definition) is 1. The maximum atomic E-state index is 5.89. The molecule has 2 nitrogen and oxygen atoms in total. The van der Waals surface area contributed by atoms with E-state index in [0.29, 0.717) is 11.5 Å². The topological polar surface area (TPSA) is 21.3 Å². The molecule has 2 saturated carbocycles. The summed E-state index contributed by atoms with van der Waals surface area (Å²) in [6, 6.07) is 0.747. The molecular formula is C13H25NO. The molecule has 0 bridgehead atoms. The molecule has 2 aliphatic carbocycles. The molecule has 2 aliphatic rings. The molecule has 0 aromatic rings. The molecule has 2 heteroatoms. The minimum absolute atomic E-state index is 0.519. The Morgan fingerprint density at radius 3 is 2.60 bits per heavy atom. The molecule has 15 heavy (non-hydrogen) atoms. The van der Waals surface area contributed by atoms with Crippen LogP contribution in [0.25, 0.3) is 0 Å². The molecule has 0 unspecified atom stereocenters. The van der Waals surface area contributed by atoms with Crippen LogP contribution >= 0.6 is 0 Å². The standard InChI is InChI=1S/C13H25NO/c1-3-9-14-11-10-12(15-4-2)13(11)7-5-6-8-13/h11-12,14H,3-10H2,1-2H3/t11-,12+/m1/s1. The van der Waals surface area contributed by atoms with Gasteiger partial charge in [0.05, 0.1) is 6.10 Å². The first-order chi connectivity index (χ1) is 7.33. The van der Waals surface area contributed by atoms with Crippen LogP contribution in [-0.4, -0.2) is 25.3 Å². The number of nitrogens with one attached hydrogen (secondary N) is 1. The highest BCUT2D eigenvalue weighted by Gasteiger charge is 2.56. The molecular weight excluding hydrogens is 186 g/mol. The molecule has 1 spiro atoms. The van der Waals surface area contributed by atoms with Crippen LogP contribution in [-0.2, 0) is 4.74 Å². The summed E-state index contributed by atoms with van der Waals surface area (Å²) >= 11 is 0. The Morgan fingerprint density at radius 1 is 1.27 bits per heavy atom. The third-order valence-electron chi connectivity index (χ3n) is 4.33. The highest BCUT2D eigenvalue weighted by molar-refractivity contribution is 5.09. The van der Waals surface area contributed by atoms with Crippen molar-refractivity contribution in [3.63, 3.8) is 0 Å². The van der Waals surface area contributed by atoms with Gasteiger partial charge in [-0.15, -0.1) is 0 Å². The zero-order valence-corrected chi connectivity index (χ0v) is 10.2. The van der Waals surface area contributed by atoms with Gasteiger partial charge < -0.3 is 10.1 Å². The van der Waals surface area contributed by atoms with E-state index in [0.717, 1.165) is 12.6 Å². The predicted octanol–water partition coefficient (Wildman–Crippen LogP) is 2.72. The number of hydrogen-bond acceptors (Lipinski definition) is 2. The van der Waals surface area contributed by atoms with Crippen molar-refractivity contribution in [2.75, 3.05) is 13.2 Å². The second-order valence-electron chi connectivity index (χ2n) is 5.13. The summed E-state index contributed by atoms with van der Waals surface area (Å²) in [6.07, 6.45) is 8.64. The fraction of sp³-hybridized carbons (Fsp3) is 1.00. The van der Waals surface area contributed by atoms with Crippen molar-refractivity contribution in [1.82, 2.24) is 5.32 Å². The van der Waals surface area contributed by atoms with Crippen molar-refractivity contribution in [2.24, 2.45) is 5.41 Å². The predicted molar refractivity (Wildman–Crippen MR) is 63.0 cm³/mol. The summed E-state index contributed by atoms with van der Waals surface area (Å²) in [5.41, 5.74) is 0.519. The highest BCUT2D eigenvalue weighted by atomic mass is 16.5. The van der Waals surface area contributed by atoms with Gasteiger partial charge in [-0.2, -0.15) is 0 Å². The van der Waals surface area contributed by atoms with Crippen molar-refractivity contribution in [1.29, 1.82) is 0 Å². The molecule has 0 aromatic heterocycles. The first kappa shape index (κ1) is 11.4. The van der Waals surface area contributed by atoms with Gasteiger partial charge in [0.15, 0.2) is 0 Å². The van der Waals surface area contributed by atoms with Gasteiger partial charge in [0, 0.05) is 18.1 Å². The van der Waals surface area contributed by atoms with Crippen molar-refractivity contribution < 1.29 is 4.74 Å². The van der Waals surface area contributed by atoms with Gasteiger partial charge in [0.25, 0.3) is 0 Å². The summed E-state index contributed by atoms with van der Waals surface area (Å²) in [4.78, 5) is 0. The van der Waals surface area contributed by atoms with Crippen LogP contribution in [0.5, 0.6) is 0 Å². The van der Waals surface area contributed by atoms with Crippen LogP contribution in [0.3, 0.4) is 0 Å². The fourth-order valence-electron chi connectivity index (χ4n) is 3.49. The van der Waals surface area contributed by atoms with Gasteiger partial charge in [-0.05, 0) is 39.2 Å². The van der Waals surface area contributed by atoms with Crippen LogP contribution < -0.4 is 5.32 Å². The smallest absolute Gasteiger partial charge is 0.0661 e. The third kappa shape index (κ3) is 1.94. The lowest BCUT2D eigenvalue weighted by Gasteiger charge is -2.54. The number of rotatable bonds is 5. The average Bonchev–Trinajstić information content (AvgIpc) is 2.74. The summed E-state index contributed by atoms with van der Waals surface area (Å²) in [5.74, 6) is 0. The monoisotopic (exact) mass is 211 g/mol. The van der Waals surface area contributed by atoms with E-state index in [2.05, 4.69) is 19.2 Å². The maximum Gasteiger partial charge on any atom is 0.0661 e. The molecule has 2 atom stereocenters. The van der Waals surface area contributed by atoms with E-state index in [4.69, 9.17) is 4.74 Å². The van der Waals surface area contributed by atoms with Crippen LogP contribution in [0, 0.1) is 5.41 Å². The molecule has 0 amide bonds. The molecule has 0 saturated heterocycles. The van der Waals surface area contributed by atoms with Gasteiger partial charge in [0.1, 0.15) is 0 Å². The Hall–Kier alpha value is -0.0800. The normalized spacial score (nSPS) is 33.2. The molecule has 88 valence electrons. The minimum atomic E-state index is 0.519. The quantitative estimate of drug-likeness (QED) is 0.755. The maximum absolute atomic E-state index is 5.89. The Morgan fingerprint density at radius 2 is 2.00 bits per heavy atom. The van der Waals surface area contributed by atoms with Crippen LogP contribution in [0.2, 0.25) is 0 Å². The number of ether oxygens (including phenoxy) is 1. The van der Waals surface area contributed by atoms with Crippen molar-refractivity contribution in [3.05, 3.63) is 0 Å². The second-order valence-corrected chi connectivity index (χ2v) is 5.13. The van der Waals surface area contributed by atoms with Gasteiger partial charge in [0.2, 0.25) is 0 Å². The lowest BCUT2D eigenvalue weighted by Crippen LogP contribution is -2.62. The lowest BCUT2D eigenvalue weighted by molar-refractivity contribution is -0.130. The highest BCUT2D eigenvalue weighted by Crippen LogP contribution is 2.54. The third-order valence-corrected chi connectivity index (χ3v) is 4.33. The second kappa shape index (κ2) is 4.84. The minimum Gasteiger partial charge on any atom is -0.378 e. The Balaban J connectivity index is 1.92. The summed E-state index contributed by atoms with van der Waals surface area (Å²) in [6.45, 7) is 6.42. The van der Waals surface area contributed by atoms with E-state index in [1.165, 1.54) is 45.1 Å². The Labute approximate surface area is 93.8 Å². The summed E-state index contributed by atoms with van der Waals surface area (Å²) < 4.78 is 5.89. The average molecular weight is 211 g/mol. The van der Waals surface area contributed by atoms with E-state index in [-0.39, 0.29) is 0 Å². The van der Waals surface area contributed by atoms with Crippen LogP contribution in [0.15, 0.2) is 0 Å². The molecule has 0 heterocycles. The van der Waals surface area contributed by atoms with E-state index in [1.54, 1.807) is 0 Å². The Kier molecular flexibility index (Phi) is 3.68. The fourth-order valence-corrected chi connectivity index (χ4v) is 3.49. The molecule has 0 aliphatic heterocycles. The zero-order chi connectivity index (χ0) is 10.7. The van der Waals surface area contributed by atoms with E-state index < -0.39 is 0 Å². The van der Waals surface area contributed by atoms with Crippen molar-refractivity contribution in [3.8, 4) is 0 Å². The van der Waals surface area contributed by atoms with Gasteiger partial charge in [-0.1, -0.05) is 19.8 Å². The lowest BCUT2D eigenvalue weighted by atomic mass is 9.60. The first-order valence-electron chi connectivity index (χ1n) is 6.68. The van der Waals surface area contributed by atoms with E-state index in [9.17, 15) is 0 Å². The molecule has 2 fully saturated rings. The van der Waals surface area contributed by atoms with E-state index >= 15 is 0 Å². The molecule has 0 aromatic carbocycles. The van der Waals surface area contributed by atoms with Crippen LogP contribution in [0.1, 0.15) is 52.4 Å². The first-order valence-corrected chi connectivity index (χ1v) is 6.68. The largest absolute Gasteiger partial charge is 0.378 e. The van der Waals surface area contributed by atoms with E-state index in [1.807, 2.05) is 0 Å². The van der Waals surface area contributed by atoms with Gasteiger partial charge in [-0.3, -0.25) is 0 Å². The van der Waals surface area contributed by atoms with Crippen molar-refractivity contribution in [2.45, 2.75) is 64.5 Å². The van der Waals surface area contributed by atoms with Crippen molar-refractivity contribution >= 4 is 0 Å². The Bertz CT molecular complexity index is 199. The van der Waals surface area contributed by atoms with Gasteiger partial charge >= 0.3 is 0 Å². The summed E-state index contributed by atoms with van der Waals surface area (Å²) in [5, 5.41) is 3.71. The molecule has 1 N–H and O–H groups in total. The summed E-state index contributed by atoms with van der Waals surface area (Å²) in [7, 11) is 0. The van der Waals surface area contributed by atoms with Gasteiger partial charge in [-0.25, -0.2) is 0 Å². The van der Waals surface area contributed by atoms with Crippen LogP contribution in [0.4, 0.5) is 0 Å². The SMILES string of the molecule is CCCN[C@@H]1C[C@H](OCC)C12CCCC2. The molecule has 2 rings (SSSR count). The zero-order valence-electron chi connectivity index (χ0n) is 10.2.